The lowest BCUT2D eigenvalue weighted by Gasteiger charge is -2.11. The molecule has 1 aliphatic rings. The number of ketones is 1. The highest BCUT2D eigenvalue weighted by molar-refractivity contribution is 6.31. The Hall–Kier alpha value is -3.45. The quantitative estimate of drug-likeness (QED) is 0.351. The van der Waals surface area contributed by atoms with Crippen LogP contribution in [0, 0.1) is 13.8 Å². The summed E-state index contributed by atoms with van der Waals surface area (Å²) in [6.45, 7) is 4.21. The second-order valence-corrected chi connectivity index (χ2v) is 7.73. The van der Waals surface area contributed by atoms with E-state index in [-0.39, 0.29) is 30.4 Å². The number of halogens is 1. The summed E-state index contributed by atoms with van der Waals surface area (Å²) in [5.41, 5.74) is 9.43. The van der Waals surface area contributed by atoms with Crippen LogP contribution in [0.3, 0.4) is 0 Å². The molecule has 0 aliphatic carbocycles. The molecule has 1 aromatic heterocycles. The molecule has 0 spiro atoms. The van der Waals surface area contributed by atoms with Crippen molar-refractivity contribution in [3.05, 3.63) is 75.6 Å². The van der Waals surface area contributed by atoms with Crippen molar-refractivity contribution in [3.63, 3.8) is 0 Å². The first-order valence-corrected chi connectivity index (χ1v) is 10.0. The van der Waals surface area contributed by atoms with E-state index in [1.54, 1.807) is 12.1 Å². The Morgan fingerprint density at radius 3 is 2.61 bits per heavy atom. The second-order valence-electron chi connectivity index (χ2n) is 7.29. The van der Waals surface area contributed by atoms with Gasteiger partial charge in [-0.1, -0.05) is 17.7 Å². The van der Waals surface area contributed by atoms with E-state index in [0.717, 1.165) is 22.7 Å². The maximum Gasteiger partial charge on any atom is 0.340 e. The number of nitrogens with zero attached hydrogens (tertiary/aromatic N) is 1. The minimum Gasteiger partial charge on any atom is -0.454 e. The van der Waals surface area contributed by atoms with Crippen LogP contribution in [0.1, 0.15) is 37.7 Å². The fourth-order valence-electron chi connectivity index (χ4n) is 3.55. The van der Waals surface area contributed by atoms with Gasteiger partial charge in [-0.25, -0.2) is 4.79 Å². The third-order valence-corrected chi connectivity index (χ3v) is 5.45. The van der Waals surface area contributed by atoms with Crippen LogP contribution in [0.15, 0.2) is 42.5 Å². The fourth-order valence-corrected chi connectivity index (χ4v) is 3.74. The molecule has 0 bridgehead atoms. The van der Waals surface area contributed by atoms with Crippen LogP contribution in [-0.4, -0.2) is 29.7 Å². The molecule has 2 heterocycles. The number of carbonyl (C=O) groups excluding carboxylic acids is 2. The number of rotatable bonds is 6. The molecule has 0 amide bonds. The van der Waals surface area contributed by atoms with Gasteiger partial charge in [-0.3, -0.25) is 4.79 Å². The van der Waals surface area contributed by atoms with Crippen LogP contribution in [0.2, 0.25) is 5.02 Å². The van der Waals surface area contributed by atoms with Gasteiger partial charge in [-0.05, 0) is 55.8 Å². The minimum atomic E-state index is -0.670. The van der Waals surface area contributed by atoms with Crippen LogP contribution in [0.4, 0.5) is 5.69 Å². The predicted molar refractivity (Wildman–Crippen MR) is 116 cm³/mol. The highest BCUT2D eigenvalue weighted by atomic mass is 35.5. The number of ether oxygens (including phenoxy) is 3. The summed E-state index contributed by atoms with van der Waals surface area (Å²) in [5, 5.41) is 0.417. The first-order valence-electron chi connectivity index (χ1n) is 9.64. The molecule has 7 nitrogen and oxygen atoms in total. The van der Waals surface area contributed by atoms with E-state index in [1.165, 1.54) is 12.1 Å². The van der Waals surface area contributed by atoms with E-state index >= 15 is 0 Å². The molecule has 31 heavy (non-hydrogen) atoms. The van der Waals surface area contributed by atoms with Crippen LogP contribution in [0.25, 0.3) is 0 Å². The lowest BCUT2D eigenvalue weighted by atomic mass is 10.1. The lowest BCUT2D eigenvalue weighted by molar-refractivity contribution is 0.0475. The molecule has 4 rings (SSSR count). The Balaban J connectivity index is 1.46. The second kappa shape index (κ2) is 8.35. The van der Waals surface area contributed by atoms with E-state index in [9.17, 15) is 9.59 Å². The number of carbonyl (C=O) groups is 2. The summed E-state index contributed by atoms with van der Waals surface area (Å²) >= 11 is 5.85. The van der Waals surface area contributed by atoms with E-state index in [2.05, 4.69) is 0 Å². The molecule has 0 radical (unpaired) electrons. The molecule has 8 heteroatoms. The monoisotopic (exact) mass is 440 g/mol. The number of benzene rings is 2. The molecular formula is C23H21ClN2O5. The molecule has 0 fully saturated rings. The first-order chi connectivity index (χ1) is 14.8. The van der Waals surface area contributed by atoms with Crippen molar-refractivity contribution >= 4 is 29.0 Å². The average Bonchev–Trinajstić information content (AvgIpc) is 3.31. The van der Waals surface area contributed by atoms with E-state index in [4.69, 9.17) is 31.5 Å². The van der Waals surface area contributed by atoms with Crippen molar-refractivity contribution in [2.75, 3.05) is 19.1 Å². The van der Waals surface area contributed by atoms with Gasteiger partial charge in [-0.2, -0.15) is 0 Å². The zero-order valence-electron chi connectivity index (χ0n) is 17.1. The molecule has 0 saturated carbocycles. The van der Waals surface area contributed by atoms with Crippen molar-refractivity contribution in [1.29, 1.82) is 0 Å². The summed E-state index contributed by atoms with van der Waals surface area (Å²) in [7, 11) is 0. The fraction of sp³-hybridized carbons (Fsp3) is 0.217. The molecule has 2 N–H and O–H groups in total. The normalized spacial score (nSPS) is 12.1. The zero-order chi connectivity index (χ0) is 22.1. The highest BCUT2D eigenvalue weighted by Gasteiger charge is 2.20. The predicted octanol–water partition coefficient (Wildman–Crippen LogP) is 4.16. The number of anilines is 1. The van der Waals surface area contributed by atoms with E-state index in [1.807, 2.05) is 36.6 Å². The van der Waals surface area contributed by atoms with Crippen LogP contribution in [-0.2, 0) is 11.3 Å². The van der Waals surface area contributed by atoms with Gasteiger partial charge in [0.2, 0.25) is 12.6 Å². The molecule has 3 aromatic rings. The molecule has 0 saturated heterocycles. The number of aromatic nitrogens is 1. The first kappa shape index (κ1) is 20.8. The lowest BCUT2D eigenvalue weighted by Crippen LogP contribution is -2.16. The molecule has 2 aromatic carbocycles. The number of fused-ring (bicyclic) bond motifs is 1. The Bertz CT molecular complexity index is 1180. The number of Topliss-reactive ketones (excluding diaryl/α,β-unsaturated/α-hetero) is 1. The Morgan fingerprint density at radius 2 is 1.84 bits per heavy atom. The van der Waals surface area contributed by atoms with E-state index in [0.29, 0.717) is 22.9 Å². The van der Waals surface area contributed by atoms with E-state index < -0.39 is 5.97 Å². The van der Waals surface area contributed by atoms with Gasteiger partial charge >= 0.3 is 5.97 Å². The van der Waals surface area contributed by atoms with Crippen molar-refractivity contribution in [3.8, 4) is 11.5 Å². The van der Waals surface area contributed by atoms with Gasteiger partial charge in [-0.15, -0.1) is 0 Å². The molecule has 1 aliphatic heterocycles. The Kier molecular flexibility index (Phi) is 5.61. The van der Waals surface area contributed by atoms with Gasteiger partial charge in [0.1, 0.15) is 0 Å². The SMILES string of the molecule is Cc1cc(C(=O)COC(=O)c2ccc(Cl)cc2N)c(C)n1Cc1ccc2c(c1)OCO2. The zero-order valence-corrected chi connectivity index (χ0v) is 17.9. The van der Waals surface area contributed by atoms with Gasteiger partial charge in [0, 0.05) is 34.2 Å². The summed E-state index contributed by atoms with van der Waals surface area (Å²) in [6, 6.07) is 12.0. The molecule has 0 atom stereocenters. The largest absolute Gasteiger partial charge is 0.454 e. The summed E-state index contributed by atoms with van der Waals surface area (Å²) in [5.74, 6) is 0.482. The third-order valence-electron chi connectivity index (χ3n) is 5.22. The Labute approximate surface area is 184 Å². The maximum absolute atomic E-state index is 12.7. The molecule has 160 valence electrons. The summed E-state index contributed by atoms with van der Waals surface area (Å²) in [4.78, 5) is 25.0. The van der Waals surface area contributed by atoms with Crippen LogP contribution < -0.4 is 15.2 Å². The molecular weight excluding hydrogens is 420 g/mol. The average molecular weight is 441 g/mol. The minimum absolute atomic E-state index is 0.172. The third kappa shape index (κ3) is 4.22. The number of nitrogens with two attached hydrogens (primary N) is 1. The van der Waals surface area contributed by atoms with Crippen LogP contribution >= 0.6 is 11.6 Å². The maximum atomic E-state index is 12.7. The van der Waals surface area contributed by atoms with Crippen molar-refractivity contribution in [1.82, 2.24) is 4.57 Å². The summed E-state index contributed by atoms with van der Waals surface area (Å²) in [6.07, 6.45) is 0. The smallest absolute Gasteiger partial charge is 0.340 e. The number of hydrogen-bond acceptors (Lipinski definition) is 6. The van der Waals surface area contributed by atoms with Crippen LogP contribution in [0.5, 0.6) is 11.5 Å². The van der Waals surface area contributed by atoms with Gasteiger partial charge in [0.25, 0.3) is 0 Å². The topological polar surface area (TPSA) is 92.8 Å². The summed E-state index contributed by atoms with van der Waals surface area (Å²) < 4.78 is 18.0. The number of nitrogen functional groups attached to an aromatic ring is 1. The van der Waals surface area contributed by atoms with Crippen molar-refractivity contribution in [2.24, 2.45) is 0 Å². The van der Waals surface area contributed by atoms with Gasteiger partial charge in [0.15, 0.2) is 18.1 Å². The number of hydrogen-bond donors (Lipinski definition) is 1. The van der Waals surface area contributed by atoms with Crippen molar-refractivity contribution < 1.29 is 23.8 Å². The highest BCUT2D eigenvalue weighted by Crippen LogP contribution is 2.33. The van der Waals surface area contributed by atoms with Crippen molar-refractivity contribution in [2.45, 2.75) is 20.4 Å². The number of esters is 1. The van der Waals surface area contributed by atoms with Gasteiger partial charge < -0.3 is 24.5 Å². The molecule has 0 unspecified atom stereocenters. The standard InChI is InChI=1S/C23H21ClN2O5/c1-13-7-18(20(27)11-29-23(28)17-5-4-16(24)9-19(17)25)14(2)26(13)10-15-3-6-21-22(8-15)31-12-30-21/h3-9H,10-12,25H2,1-2H3. The van der Waals surface area contributed by atoms with Gasteiger partial charge in [0.05, 0.1) is 5.56 Å². The number of aryl methyl sites for hydroxylation is 1. The Morgan fingerprint density at radius 1 is 1.06 bits per heavy atom.